The molecule has 0 unspecified atom stereocenters. The Morgan fingerprint density at radius 1 is 0.826 bits per heavy atom. The molecule has 136 valence electrons. The summed E-state index contributed by atoms with van der Waals surface area (Å²) in [5.41, 5.74) is 0. The Hall–Kier alpha value is -0.400. The van der Waals surface area contributed by atoms with E-state index < -0.39 is 68.0 Å². The van der Waals surface area contributed by atoms with Crippen LogP contribution in [0.3, 0.4) is 0 Å². The number of hydrogen-bond donors (Lipinski definition) is 6. The Balaban J connectivity index is 2.11. The van der Waals surface area contributed by atoms with Crippen molar-refractivity contribution in [2.75, 3.05) is 13.7 Å². The van der Waals surface area contributed by atoms with Crippen molar-refractivity contribution in [1.82, 2.24) is 0 Å². The predicted octanol–water partition coefficient (Wildman–Crippen LogP) is -3.72. The first-order valence-corrected chi connectivity index (χ1v) is 7.32. The molecule has 2 aliphatic heterocycles. The first-order valence-electron chi connectivity index (χ1n) is 7.32. The average molecular weight is 340 g/mol. The fraction of sp³-hybridized carbons (Fsp3) is 1.00. The fourth-order valence-corrected chi connectivity index (χ4v) is 2.69. The molecule has 2 heterocycles. The lowest BCUT2D eigenvalue weighted by Crippen LogP contribution is -2.64. The molecule has 6 N–H and O–H groups in total. The molecule has 23 heavy (non-hydrogen) atoms. The second-order valence-electron chi connectivity index (χ2n) is 5.72. The molecule has 0 aromatic heterocycles. The topological polar surface area (TPSA) is 158 Å². The minimum Gasteiger partial charge on any atom is -0.394 e. The van der Waals surface area contributed by atoms with Crippen LogP contribution >= 0.6 is 0 Å². The van der Waals surface area contributed by atoms with Crippen LogP contribution < -0.4 is 0 Å². The third-order valence-corrected chi connectivity index (χ3v) is 4.15. The van der Waals surface area contributed by atoms with Crippen molar-refractivity contribution in [2.24, 2.45) is 0 Å². The zero-order chi connectivity index (χ0) is 17.3. The van der Waals surface area contributed by atoms with Gasteiger partial charge in [0.25, 0.3) is 0 Å². The second-order valence-corrected chi connectivity index (χ2v) is 5.72. The van der Waals surface area contributed by atoms with Crippen LogP contribution in [-0.2, 0) is 18.9 Å². The second kappa shape index (κ2) is 7.66. The van der Waals surface area contributed by atoms with Gasteiger partial charge in [0, 0.05) is 7.11 Å². The van der Waals surface area contributed by atoms with Gasteiger partial charge in [0.1, 0.15) is 42.7 Å². The summed E-state index contributed by atoms with van der Waals surface area (Å²) >= 11 is 0. The zero-order valence-electron chi connectivity index (χ0n) is 12.8. The summed E-state index contributed by atoms with van der Waals surface area (Å²) in [6.45, 7) is 0.938. The SMILES string of the molecule is CO[C@@H]1O[C@H](C)[C@H](O)[C@H](O[C@H]2O[C@H](CO)[C@H](O)[C@H](O)[C@H]2O)[C@H]1O. The van der Waals surface area contributed by atoms with Gasteiger partial charge in [-0.05, 0) is 6.92 Å². The maximum Gasteiger partial charge on any atom is 0.187 e. The van der Waals surface area contributed by atoms with E-state index >= 15 is 0 Å². The van der Waals surface area contributed by atoms with Gasteiger partial charge in [0.2, 0.25) is 0 Å². The van der Waals surface area contributed by atoms with Crippen molar-refractivity contribution < 1.29 is 49.6 Å². The van der Waals surface area contributed by atoms with Gasteiger partial charge in [-0.1, -0.05) is 0 Å². The molecule has 10 nitrogen and oxygen atoms in total. The van der Waals surface area contributed by atoms with E-state index in [2.05, 4.69) is 0 Å². The van der Waals surface area contributed by atoms with Crippen LogP contribution in [0.2, 0.25) is 0 Å². The van der Waals surface area contributed by atoms with Crippen molar-refractivity contribution in [3.8, 4) is 0 Å². The minimum atomic E-state index is -1.63. The lowest BCUT2D eigenvalue weighted by Gasteiger charge is -2.45. The molecule has 0 aromatic rings. The molecule has 10 atom stereocenters. The van der Waals surface area contributed by atoms with Gasteiger partial charge in [-0.2, -0.15) is 0 Å². The Kier molecular flexibility index (Phi) is 6.30. The quantitative estimate of drug-likeness (QED) is 0.300. The predicted molar refractivity (Wildman–Crippen MR) is 72.0 cm³/mol. The highest BCUT2D eigenvalue weighted by atomic mass is 16.7. The third-order valence-electron chi connectivity index (χ3n) is 4.15. The van der Waals surface area contributed by atoms with E-state index in [1.54, 1.807) is 6.92 Å². The van der Waals surface area contributed by atoms with E-state index in [9.17, 15) is 25.5 Å². The van der Waals surface area contributed by atoms with Crippen LogP contribution in [0.4, 0.5) is 0 Å². The monoisotopic (exact) mass is 340 g/mol. The van der Waals surface area contributed by atoms with E-state index in [1.807, 2.05) is 0 Å². The third kappa shape index (κ3) is 3.66. The molecule has 0 aliphatic carbocycles. The van der Waals surface area contributed by atoms with Gasteiger partial charge < -0.3 is 49.6 Å². The van der Waals surface area contributed by atoms with E-state index in [0.29, 0.717) is 0 Å². The highest BCUT2D eigenvalue weighted by molar-refractivity contribution is 4.93. The van der Waals surface area contributed by atoms with Crippen molar-refractivity contribution in [3.63, 3.8) is 0 Å². The zero-order valence-corrected chi connectivity index (χ0v) is 12.8. The molecule has 0 bridgehead atoms. The number of hydrogen-bond acceptors (Lipinski definition) is 10. The number of methoxy groups -OCH3 is 1. The molecular weight excluding hydrogens is 316 g/mol. The van der Waals surface area contributed by atoms with Crippen LogP contribution in [0.15, 0.2) is 0 Å². The standard InChI is InChI=1S/C13H24O10/c1-4-6(15)11(10(19)12(20-2)21-4)23-13-9(18)8(17)7(16)5(3-14)22-13/h4-19H,3H2,1-2H3/t4-,5-,6+,7+,8+,9-,10-,11+,12-,13-/m1/s1. The molecule has 10 heteroatoms. The van der Waals surface area contributed by atoms with Crippen molar-refractivity contribution in [3.05, 3.63) is 0 Å². The molecule has 0 amide bonds. The largest absolute Gasteiger partial charge is 0.394 e. The van der Waals surface area contributed by atoms with E-state index in [4.69, 9.17) is 24.1 Å². The molecule has 0 aromatic carbocycles. The first kappa shape index (κ1) is 18.9. The van der Waals surface area contributed by atoms with Crippen molar-refractivity contribution in [1.29, 1.82) is 0 Å². The van der Waals surface area contributed by atoms with E-state index in [-0.39, 0.29) is 0 Å². The Morgan fingerprint density at radius 2 is 1.48 bits per heavy atom. The Morgan fingerprint density at radius 3 is 2.04 bits per heavy atom. The number of rotatable bonds is 4. The number of aliphatic hydroxyl groups is 6. The molecule has 0 saturated carbocycles. The Bertz CT molecular complexity index is 380. The van der Waals surface area contributed by atoms with Gasteiger partial charge in [0.05, 0.1) is 12.7 Å². The van der Waals surface area contributed by atoms with Crippen LogP contribution in [-0.4, -0.2) is 106 Å². The molecule has 0 radical (unpaired) electrons. The van der Waals surface area contributed by atoms with Crippen LogP contribution in [0, 0.1) is 0 Å². The molecule has 2 saturated heterocycles. The molecular formula is C13H24O10. The first-order chi connectivity index (χ1) is 10.8. The molecule has 0 spiro atoms. The summed E-state index contributed by atoms with van der Waals surface area (Å²) in [6.07, 6.45) is -13.0. The van der Waals surface area contributed by atoms with Crippen LogP contribution in [0.5, 0.6) is 0 Å². The highest BCUT2D eigenvalue weighted by Gasteiger charge is 2.49. The lowest BCUT2D eigenvalue weighted by atomic mass is 9.97. The summed E-state index contributed by atoms with van der Waals surface area (Å²) in [5, 5.41) is 58.8. The summed E-state index contributed by atoms with van der Waals surface area (Å²) in [4.78, 5) is 0. The average Bonchev–Trinajstić information content (AvgIpc) is 2.54. The van der Waals surface area contributed by atoms with Gasteiger partial charge in [0.15, 0.2) is 12.6 Å². The normalized spacial score (nSPS) is 51.7. The number of ether oxygens (including phenoxy) is 4. The van der Waals surface area contributed by atoms with Crippen LogP contribution in [0.25, 0.3) is 0 Å². The molecule has 2 fully saturated rings. The summed E-state index contributed by atoms with van der Waals surface area (Å²) in [5.74, 6) is 0. The summed E-state index contributed by atoms with van der Waals surface area (Å²) < 4.78 is 20.8. The van der Waals surface area contributed by atoms with E-state index in [0.717, 1.165) is 0 Å². The van der Waals surface area contributed by atoms with Crippen LogP contribution in [0.1, 0.15) is 6.92 Å². The maximum atomic E-state index is 10.1. The molecule has 2 rings (SSSR count). The number of aliphatic hydroxyl groups excluding tert-OH is 6. The Labute approximate surface area is 132 Å². The van der Waals surface area contributed by atoms with Gasteiger partial charge in [-0.15, -0.1) is 0 Å². The van der Waals surface area contributed by atoms with E-state index in [1.165, 1.54) is 7.11 Å². The van der Waals surface area contributed by atoms with Gasteiger partial charge in [-0.3, -0.25) is 0 Å². The minimum absolute atomic E-state index is 0.610. The molecule has 2 aliphatic rings. The smallest absolute Gasteiger partial charge is 0.187 e. The summed E-state index contributed by atoms with van der Waals surface area (Å²) in [6, 6.07) is 0. The summed E-state index contributed by atoms with van der Waals surface area (Å²) in [7, 11) is 1.31. The lowest BCUT2D eigenvalue weighted by molar-refractivity contribution is -0.355. The maximum absolute atomic E-state index is 10.1. The van der Waals surface area contributed by atoms with Gasteiger partial charge in [-0.25, -0.2) is 0 Å². The van der Waals surface area contributed by atoms with Crippen molar-refractivity contribution >= 4 is 0 Å². The fourth-order valence-electron chi connectivity index (χ4n) is 2.69. The van der Waals surface area contributed by atoms with Gasteiger partial charge >= 0.3 is 0 Å². The highest BCUT2D eigenvalue weighted by Crippen LogP contribution is 2.29. The van der Waals surface area contributed by atoms with Crippen molar-refractivity contribution in [2.45, 2.75) is 68.3 Å².